The summed E-state index contributed by atoms with van der Waals surface area (Å²) in [5.74, 6) is 0.629. The lowest BCUT2D eigenvalue weighted by Gasteiger charge is -2.13. The minimum absolute atomic E-state index is 0.629. The maximum absolute atomic E-state index is 3.23. The van der Waals surface area contributed by atoms with Gasteiger partial charge >= 0.3 is 0 Å². The average molecular weight is 218 g/mol. The molecule has 0 aliphatic carbocycles. The first-order valence-electron chi connectivity index (χ1n) is 6.22. The van der Waals surface area contributed by atoms with Gasteiger partial charge in [-0.15, -0.1) is 0 Å². The second-order valence-corrected chi connectivity index (χ2v) is 4.91. The first-order valence-corrected chi connectivity index (χ1v) is 6.22. The molecule has 0 spiro atoms. The normalized spacial score (nSPS) is 15.8. The summed E-state index contributed by atoms with van der Waals surface area (Å²) < 4.78 is 0. The standard InChI is InChI=1S/C14H22N2/c1-5-11-6-12-8-16(15-4)9-13(12)7-14(11)10(2)3/h6-7,10,15H,5,8-9H2,1-4H3. The van der Waals surface area contributed by atoms with Crippen LogP contribution in [0.4, 0.5) is 0 Å². The lowest BCUT2D eigenvalue weighted by atomic mass is 9.92. The van der Waals surface area contributed by atoms with E-state index in [1.165, 1.54) is 22.3 Å². The molecular weight excluding hydrogens is 196 g/mol. The Labute approximate surface area is 98.6 Å². The Balaban J connectivity index is 2.38. The molecule has 0 atom stereocenters. The maximum Gasteiger partial charge on any atom is 0.0388 e. The zero-order valence-corrected chi connectivity index (χ0v) is 10.8. The van der Waals surface area contributed by atoms with Gasteiger partial charge in [-0.1, -0.05) is 32.9 Å². The third-order valence-electron chi connectivity index (χ3n) is 3.50. The van der Waals surface area contributed by atoms with Crippen LogP contribution in [-0.2, 0) is 19.5 Å². The zero-order chi connectivity index (χ0) is 11.7. The molecule has 0 fully saturated rings. The Kier molecular flexibility index (Phi) is 3.31. The van der Waals surface area contributed by atoms with Crippen molar-refractivity contribution < 1.29 is 0 Å². The number of rotatable bonds is 3. The highest BCUT2D eigenvalue weighted by molar-refractivity contribution is 5.41. The van der Waals surface area contributed by atoms with Gasteiger partial charge in [0.1, 0.15) is 0 Å². The highest BCUT2D eigenvalue weighted by Crippen LogP contribution is 2.29. The molecule has 88 valence electrons. The summed E-state index contributed by atoms with van der Waals surface area (Å²) in [5.41, 5.74) is 9.27. The number of hydrazine groups is 1. The van der Waals surface area contributed by atoms with Crippen LogP contribution in [0.5, 0.6) is 0 Å². The molecule has 1 aromatic carbocycles. The fourth-order valence-corrected chi connectivity index (χ4v) is 2.52. The highest BCUT2D eigenvalue weighted by atomic mass is 15.5. The van der Waals surface area contributed by atoms with Gasteiger partial charge in [0.25, 0.3) is 0 Å². The van der Waals surface area contributed by atoms with E-state index < -0.39 is 0 Å². The number of hydrogen-bond donors (Lipinski definition) is 1. The van der Waals surface area contributed by atoms with Crippen LogP contribution in [0, 0.1) is 0 Å². The predicted octanol–water partition coefficient (Wildman–Crippen LogP) is 2.82. The van der Waals surface area contributed by atoms with Crippen LogP contribution in [0.1, 0.15) is 48.9 Å². The predicted molar refractivity (Wildman–Crippen MR) is 68.2 cm³/mol. The molecule has 0 unspecified atom stereocenters. The van der Waals surface area contributed by atoms with Crippen molar-refractivity contribution in [3.05, 3.63) is 34.4 Å². The molecular formula is C14H22N2. The van der Waals surface area contributed by atoms with Gasteiger partial charge in [0.15, 0.2) is 0 Å². The van der Waals surface area contributed by atoms with Gasteiger partial charge in [-0.2, -0.15) is 0 Å². The fourth-order valence-electron chi connectivity index (χ4n) is 2.52. The molecule has 0 saturated carbocycles. The van der Waals surface area contributed by atoms with Crippen LogP contribution < -0.4 is 5.43 Å². The number of hydrogen-bond acceptors (Lipinski definition) is 2. The van der Waals surface area contributed by atoms with Crippen LogP contribution in [0.25, 0.3) is 0 Å². The van der Waals surface area contributed by atoms with Crippen molar-refractivity contribution in [3.8, 4) is 0 Å². The number of fused-ring (bicyclic) bond motifs is 1. The molecule has 2 nitrogen and oxygen atoms in total. The van der Waals surface area contributed by atoms with Crippen molar-refractivity contribution in [2.75, 3.05) is 7.05 Å². The van der Waals surface area contributed by atoms with E-state index in [1.807, 2.05) is 7.05 Å². The third kappa shape index (κ3) is 2.00. The Morgan fingerprint density at radius 1 is 1.25 bits per heavy atom. The molecule has 1 heterocycles. The van der Waals surface area contributed by atoms with Crippen molar-refractivity contribution >= 4 is 0 Å². The molecule has 0 bridgehead atoms. The van der Waals surface area contributed by atoms with Crippen LogP contribution >= 0.6 is 0 Å². The number of benzene rings is 1. The summed E-state index contributed by atoms with van der Waals surface area (Å²) in [5, 5.41) is 2.26. The summed E-state index contributed by atoms with van der Waals surface area (Å²) in [6.45, 7) is 8.89. The number of aryl methyl sites for hydroxylation is 1. The van der Waals surface area contributed by atoms with Crippen molar-refractivity contribution in [1.29, 1.82) is 0 Å². The van der Waals surface area contributed by atoms with Crippen LogP contribution in [-0.4, -0.2) is 12.1 Å². The fraction of sp³-hybridized carbons (Fsp3) is 0.571. The van der Waals surface area contributed by atoms with Gasteiger partial charge in [0, 0.05) is 13.1 Å². The lowest BCUT2D eigenvalue weighted by Crippen LogP contribution is -2.29. The molecule has 0 radical (unpaired) electrons. The molecule has 0 saturated heterocycles. The minimum atomic E-state index is 0.629. The molecule has 1 aliphatic rings. The summed E-state index contributed by atoms with van der Waals surface area (Å²) in [6.07, 6.45) is 1.14. The summed E-state index contributed by atoms with van der Waals surface area (Å²) >= 11 is 0. The first-order chi connectivity index (χ1) is 7.65. The summed E-state index contributed by atoms with van der Waals surface area (Å²) in [6, 6.07) is 4.82. The van der Waals surface area contributed by atoms with Gasteiger partial charge in [-0.05, 0) is 41.6 Å². The zero-order valence-electron chi connectivity index (χ0n) is 10.8. The smallest absolute Gasteiger partial charge is 0.0388 e. The van der Waals surface area contributed by atoms with Crippen molar-refractivity contribution in [3.63, 3.8) is 0 Å². The minimum Gasteiger partial charge on any atom is -0.258 e. The van der Waals surface area contributed by atoms with Gasteiger partial charge in [-0.3, -0.25) is 5.43 Å². The lowest BCUT2D eigenvalue weighted by molar-refractivity contribution is 0.212. The van der Waals surface area contributed by atoms with Gasteiger partial charge in [0.2, 0.25) is 0 Å². The van der Waals surface area contributed by atoms with Crippen molar-refractivity contribution in [1.82, 2.24) is 10.4 Å². The highest BCUT2D eigenvalue weighted by Gasteiger charge is 2.20. The van der Waals surface area contributed by atoms with Gasteiger partial charge in [0.05, 0.1) is 0 Å². The molecule has 0 aromatic heterocycles. The molecule has 0 amide bonds. The van der Waals surface area contributed by atoms with E-state index in [0.29, 0.717) is 5.92 Å². The van der Waals surface area contributed by atoms with Crippen LogP contribution in [0.15, 0.2) is 12.1 Å². The van der Waals surface area contributed by atoms with E-state index in [1.54, 1.807) is 0 Å². The number of nitrogens with zero attached hydrogens (tertiary/aromatic N) is 1. The van der Waals surface area contributed by atoms with Crippen LogP contribution in [0.2, 0.25) is 0 Å². The first kappa shape index (κ1) is 11.6. The number of nitrogens with one attached hydrogen (secondary N) is 1. The Morgan fingerprint density at radius 3 is 2.38 bits per heavy atom. The Morgan fingerprint density at radius 2 is 1.88 bits per heavy atom. The second-order valence-electron chi connectivity index (χ2n) is 4.91. The third-order valence-corrected chi connectivity index (χ3v) is 3.50. The summed E-state index contributed by atoms with van der Waals surface area (Å²) in [4.78, 5) is 0. The monoisotopic (exact) mass is 218 g/mol. The van der Waals surface area contributed by atoms with E-state index in [-0.39, 0.29) is 0 Å². The average Bonchev–Trinajstić information content (AvgIpc) is 2.68. The quantitative estimate of drug-likeness (QED) is 0.839. The molecule has 2 heteroatoms. The SMILES string of the molecule is CCc1cc2c(cc1C(C)C)CN(NC)C2. The largest absolute Gasteiger partial charge is 0.258 e. The second kappa shape index (κ2) is 4.56. The van der Waals surface area contributed by atoms with Gasteiger partial charge in [-0.25, -0.2) is 5.01 Å². The Hall–Kier alpha value is -0.860. The van der Waals surface area contributed by atoms with E-state index in [9.17, 15) is 0 Å². The van der Waals surface area contributed by atoms with Crippen molar-refractivity contribution in [2.24, 2.45) is 0 Å². The topological polar surface area (TPSA) is 15.3 Å². The van der Waals surface area contributed by atoms with Crippen LogP contribution in [0.3, 0.4) is 0 Å². The maximum atomic E-state index is 3.23. The van der Waals surface area contributed by atoms with E-state index in [0.717, 1.165) is 19.5 Å². The van der Waals surface area contributed by atoms with Crippen molar-refractivity contribution in [2.45, 2.75) is 46.2 Å². The molecule has 2 rings (SSSR count). The molecule has 1 aromatic rings. The van der Waals surface area contributed by atoms with Gasteiger partial charge < -0.3 is 0 Å². The molecule has 1 aliphatic heterocycles. The molecule has 1 N–H and O–H groups in total. The van der Waals surface area contributed by atoms with E-state index >= 15 is 0 Å². The molecule has 16 heavy (non-hydrogen) atoms. The van der Waals surface area contributed by atoms with E-state index in [2.05, 4.69) is 43.3 Å². The Bertz CT molecular complexity index is 383. The van der Waals surface area contributed by atoms with E-state index in [4.69, 9.17) is 0 Å². The summed E-state index contributed by atoms with van der Waals surface area (Å²) in [7, 11) is 2.00.